The first-order valence-corrected chi connectivity index (χ1v) is 7.46. The van der Waals surface area contributed by atoms with Crippen molar-refractivity contribution < 1.29 is 0 Å². The maximum atomic E-state index is 6.19. The maximum absolute atomic E-state index is 6.19. The summed E-state index contributed by atoms with van der Waals surface area (Å²) in [5.74, 6) is 0.779. The number of hydrogen-bond acceptors (Lipinski definition) is 2. The average Bonchev–Trinajstić information content (AvgIpc) is 2.42. The lowest BCUT2D eigenvalue weighted by Gasteiger charge is -2.35. The third kappa shape index (κ3) is 3.46. The quantitative estimate of drug-likeness (QED) is 0.823. The Labute approximate surface area is 115 Å². The highest BCUT2D eigenvalue weighted by molar-refractivity contribution is 6.18. The third-order valence-corrected chi connectivity index (χ3v) is 4.67. The van der Waals surface area contributed by atoms with Gasteiger partial charge in [0, 0.05) is 25.2 Å². The Morgan fingerprint density at radius 2 is 2.11 bits per heavy atom. The summed E-state index contributed by atoms with van der Waals surface area (Å²) in [6, 6.07) is 4.10. The SMILES string of the molecule is Cc1cccnc1CNCC1(CCl)CCCCC1. The second kappa shape index (κ2) is 6.53. The molecule has 2 nitrogen and oxygen atoms in total. The van der Waals surface area contributed by atoms with Gasteiger partial charge in [-0.3, -0.25) is 4.98 Å². The smallest absolute Gasteiger partial charge is 0.0570 e. The largest absolute Gasteiger partial charge is 0.311 e. The summed E-state index contributed by atoms with van der Waals surface area (Å²) < 4.78 is 0. The van der Waals surface area contributed by atoms with Gasteiger partial charge < -0.3 is 5.32 Å². The van der Waals surface area contributed by atoms with Crippen LogP contribution in [0.4, 0.5) is 0 Å². The van der Waals surface area contributed by atoms with E-state index in [2.05, 4.69) is 23.3 Å². The second-order valence-electron chi connectivity index (χ2n) is 5.56. The van der Waals surface area contributed by atoms with Gasteiger partial charge in [-0.1, -0.05) is 25.3 Å². The van der Waals surface area contributed by atoms with E-state index in [1.165, 1.54) is 37.7 Å². The highest BCUT2D eigenvalue weighted by atomic mass is 35.5. The fraction of sp³-hybridized carbons (Fsp3) is 0.667. The van der Waals surface area contributed by atoms with Crippen molar-refractivity contribution in [1.82, 2.24) is 10.3 Å². The van der Waals surface area contributed by atoms with Crippen LogP contribution in [-0.2, 0) is 6.54 Å². The minimum Gasteiger partial charge on any atom is -0.311 e. The first kappa shape index (κ1) is 13.8. The molecule has 1 aromatic rings. The average molecular weight is 267 g/mol. The van der Waals surface area contributed by atoms with Crippen LogP contribution in [0.5, 0.6) is 0 Å². The predicted octanol–water partition coefficient (Wildman–Crippen LogP) is 3.67. The molecule has 0 unspecified atom stereocenters. The number of nitrogens with zero attached hydrogens (tertiary/aromatic N) is 1. The van der Waals surface area contributed by atoms with Crippen LogP contribution in [0.2, 0.25) is 0 Å². The Kier molecular flexibility index (Phi) is 5.02. The fourth-order valence-electron chi connectivity index (χ4n) is 2.81. The summed E-state index contributed by atoms with van der Waals surface area (Å²) in [4.78, 5) is 4.41. The molecular formula is C15H23ClN2. The van der Waals surface area contributed by atoms with Crippen LogP contribution < -0.4 is 5.32 Å². The Morgan fingerprint density at radius 3 is 2.78 bits per heavy atom. The third-order valence-electron chi connectivity index (χ3n) is 4.11. The van der Waals surface area contributed by atoms with Crippen LogP contribution in [-0.4, -0.2) is 17.4 Å². The van der Waals surface area contributed by atoms with Gasteiger partial charge in [0.25, 0.3) is 0 Å². The predicted molar refractivity (Wildman–Crippen MR) is 76.9 cm³/mol. The number of hydrogen-bond donors (Lipinski definition) is 1. The van der Waals surface area contributed by atoms with E-state index in [0.717, 1.165) is 24.7 Å². The van der Waals surface area contributed by atoms with E-state index >= 15 is 0 Å². The molecule has 0 aromatic carbocycles. The second-order valence-corrected chi connectivity index (χ2v) is 5.83. The summed E-state index contributed by atoms with van der Waals surface area (Å²) in [5, 5.41) is 3.56. The molecule has 1 N–H and O–H groups in total. The molecule has 0 spiro atoms. The van der Waals surface area contributed by atoms with Gasteiger partial charge in [0.2, 0.25) is 0 Å². The first-order valence-electron chi connectivity index (χ1n) is 6.93. The zero-order chi connectivity index (χ0) is 12.8. The lowest BCUT2D eigenvalue weighted by Crippen LogP contribution is -2.37. The van der Waals surface area contributed by atoms with Gasteiger partial charge in [0.1, 0.15) is 0 Å². The molecule has 0 amide bonds. The van der Waals surface area contributed by atoms with Crippen molar-refractivity contribution in [2.75, 3.05) is 12.4 Å². The maximum Gasteiger partial charge on any atom is 0.0570 e. The summed E-state index contributed by atoms with van der Waals surface area (Å²) in [7, 11) is 0. The van der Waals surface area contributed by atoms with Gasteiger partial charge in [-0.05, 0) is 36.8 Å². The molecule has 100 valence electrons. The lowest BCUT2D eigenvalue weighted by molar-refractivity contribution is 0.212. The van der Waals surface area contributed by atoms with E-state index in [0.29, 0.717) is 5.41 Å². The van der Waals surface area contributed by atoms with Crippen molar-refractivity contribution in [2.24, 2.45) is 5.41 Å². The van der Waals surface area contributed by atoms with Gasteiger partial charge in [0.15, 0.2) is 0 Å². The van der Waals surface area contributed by atoms with Crippen LogP contribution >= 0.6 is 11.6 Å². The monoisotopic (exact) mass is 266 g/mol. The van der Waals surface area contributed by atoms with Crippen LogP contribution in [0.15, 0.2) is 18.3 Å². The molecule has 0 atom stereocenters. The minimum atomic E-state index is 0.322. The molecule has 3 heteroatoms. The molecule has 18 heavy (non-hydrogen) atoms. The molecule has 1 saturated carbocycles. The Balaban J connectivity index is 1.85. The lowest BCUT2D eigenvalue weighted by atomic mass is 9.75. The van der Waals surface area contributed by atoms with Gasteiger partial charge in [-0.2, -0.15) is 0 Å². The number of nitrogens with one attached hydrogen (secondary N) is 1. The first-order chi connectivity index (χ1) is 8.76. The summed E-state index contributed by atoms with van der Waals surface area (Å²) in [5.41, 5.74) is 2.73. The molecule has 2 rings (SSSR count). The Bertz CT molecular complexity index is 373. The molecule has 1 aromatic heterocycles. The number of rotatable bonds is 5. The summed E-state index contributed by atoms with van der Waals surface area (Å²) in [6.07, 6.45) is 8.43. The van der Waals surface area contributed by atoms with Gasteiger partial charge in [-0.15, -0.1) is 11.6 Å². The number of aryl methyl sites for hydroxylation is 1. The molecule has 0 saturated heterocycles. The van der Waals surface area contributed by atoms with Crippen molar-refractivity contribution in [3.8, 4) is 0 Å². The van der Waals surface area contributed by atoms with Crippen molar-refractivity contribution in [3.63, 3.8) is 0 Å². The Hall–Kier alpha value is -0.600. The van der Waals surface area contributed by atoms with Gasteiger partial charge in [0.05, 0.1) is 5.69 Å². The van der Waals surface area contributed by atoms with E-state index in [4.69, 9.17) is 11.6 Å². The molecular weight excluding hydrogens is 244 g/mol. The highest BCUT2D eigenvalue weighted by Crippen LogP contribution is 2.36. The molecule has 0 bridgehead atoms. The Morgan fingerprint density at radius 1 is 1.33 bits per heavy atom. The van der Waals surface area contributed by atoms with Crippen LogP contribution in [0.1, 0.15) is 43.4 Å². The number of alkyl halides is 1. The van der Waals surface area contributed by atoms with Crippen LogP contribution in [0.25, 0.3) is 0 Å². The molecule has 0 radical (unpaired) electrons. The van der Waals surface area contributed by atoms with Crippen molar-refractivity contribution in [3.05, 3.63) is 29.6 Å². The molecule has 1 aliphatic carbocycles. The van der Waals surface area contributed by atoms with Gasteiger partial charge >= 0.3 is 0 Å². The normalized spacial score (nSPS) is 18.8. The number of aromatic nitrogens is 1. The van der Waals surface area contributed by atoms with Crippen LogP contribution in [0.3, 0.4) is 0 Å². The molecule has 0 aliphatic heterocycles. The fourth-order valence-corrected chi connectivity index (χ4v) is 3.17. The van der Waals surface area contributed by atoms with E-state index < -0.39 is 0 Å². The van der Waals surface area contributed by atoms with E-state index in [1.807, 2.05) is 12.3 Å². The van der Waals surface area contributed by atoms with E-state index in [-0.39, 0.29) is 0 Å². The van der Waals surface area contributed by atoms with E-state index in [9.17, 15) is 0 Å². The highest BCUT2D eigenvalue weighted by Gasteiger charge is 2.30. The van der Waals surface area contributed by atoms with Gasteiger partial charge in [-0.25, -0.2) is 0 Å². The molecule has 1 aliphatic rings. The van der Waals surface area contributed by atoms with Crippen LogP contribution in [0, 0.1) is 12.3 Å². The molecule has 1 fully saturated rings. The van der Waals surface area contributed by atoms with Crippen molar-refractivity contribution in [1.29, 1.82) is 0 Å². The van der Waals surface area contributed by atoms with E-state index in [1.54, 1.807) is 0 Å². The molecule has 1 heterocycles. The zero-order valence-corrected chi connectivity index (χ0v) is 12.0. The van der Waals surface area contributed by atoms with Crippen molar-refractivity contribution in [2.45, 2.75) is 45.6 Å². The topological polar surface area (TPSA) is 24.9 Å². The minimum absolute atomic E-state index is 0.322. The standard InChI is InChI=1S/C15H23ClN2/c1-13-6-5-9-18-14(13)10-17-12-15(11-16)7-3-2-4-8-15/h5-6,9,17H,2-4,7-8,10-12H2,1H3. The number of pyridine rings is 1. The zero-order valence-electron chi connectivity index (χ0n) is 11.2. The van der Waals surface area contributed by atoms with Crippen molar-refractivity contribution >= 4 is 11.6 Å². The summed E-state index contributed by atoms with van der Waals surface area (Å²) >= 11 is 6.19. The summed E-state index contributed by atoms with van der Waals surface area (Å²) in [6.45, 7) is 3.99. The number of halogens is 1.